The van der Waals surface area contributed by atoms with Crippen LogP contribution >= 0.6 is 0 Å². The Morgan fingerprint density at radius 2 is 0.957 bits per heavy atom. The fourth-order valence-electron chi connectivity index (χ4n) is 10.7. The standard InChI is InChI=1S/C33H47NO6.C24H39NO4/c1-21-15-23(3)30(37)25(17-21)9-11-28(35)39-14-13-34-32(5,6)19-27(20-33(34,7)8)40-29(36)12-10-26-18-22(2)16-24(4)31(26)38;1-8-9-12-28-19-13-17(2)22(27)18(14-19)10-11-21(26)29-20-15-23(3,4)25(7)24(5,6)16-20/h15-18,27,37-38H,9-14,19-20H2,1-8H3;13-14,20,27H,8-12,15-16H2,1-7H3. The summed E-state index contributed by atoms with van der Waals surface area (Å²) >= 11 is 0. The van der Waals surface area contributed by atoms with E-state index in [4.69, 9.17) is 18.9 Å². The van der Waals surface area contributed by atoms with Crippen molar-refractivity contribution >= 4 is 17.9 Å². The molecule has 0 aliphatic carbocycles. The van der Waals surface area contributed by atoms with E-state index in [1.54, 1.807) is 0 Å². The Bertz CT molecular complexity index is 2210. The molecule has 0 saturated carbocycles. The number of nitrogens with zero attached hydrogens (tertiary/aromatic N) is 2. The van der Waals surface area contributed by atoms with Crippen molar-refractivity contribution in [3.63, 3.8) is 0 Å². The number of hydrogen-bond acceptors (Lipinski definition) is 12. The van der Waals surface area contributed by atoms with Gasteiger partial charge in [-0.15, -0.1) is 0 Å². The van der Waals surface area contributed by atoms with Crippen LogP contribution in [-0.4, -0.2) is 104 Å². The van der Waals surface area contributed by atoms with Crippen molar-refractivity contribution in [3.8, 4) is 23.0 Å². The number of phenols is 3. The summed E-state index contributed by atoms with van der Waals surface area (Å²) in [5.74, 6) is 0.728. The van der Waals surface area contributed by atoms with Gasteiger partial charge in [-0.3, -0.25) is 24.2 Å². The number of hydrogen-bond donors (Lipinski definition) is 3. The van der Waals surface area contributed by atoms with Gasteiger partial charge in [0.15, 0.2) is 0 Å². The number of ether oxygens (including phenoxy) is 4. The number of unbranched alkanes of at least 4 members (excludes halogenated alkanes) is 1. The first-order valence-corrected chi connectivity index (χ1v) is 25.1. The van der Waals surface area contributed by atoms with E-state index in [0.717, 1.165) is 75.9 Å². The maximum atomic E-state index is 12.7. The quantitative estimate of drug-likeness (QED) is 0.0631. The molecule has 0 spiro atoms. The summed E-state index contributed by atoms with van der Waals surface area (Å²) in [4.78, 5) is 42.4. The summed E-state index contributed by atoms with van der Waals surface area (Å²) in [7, 11) is 2.14. The van der Waals surface area contributed by atoms with E-state index in [0.29, 0.717) is 45.3 Å². The van der Waals surface area contributed by atoms with Crippen molar-refractivity contribution < 1.29 is 48.7 Å². The zero-order chi connectivity index (χ0) is 51.6. The van der Waals surface area contributed by atoms with Crippen molar-refractivity contribution in [2.45, 2.75) is 208 Å². The van der Waals surface area contributed by atoms with Crippen LogP contribution in [0.4, 0.5) is 0 Å². The van der Waals surface area contributed by atoms with Crippen LogP contribution in [0.25, 0.3) is 0 Å². The molecule has 2 saturated heterocycles. The second-order valence-corrected chi connectivity index (χ2v) is 22.4. The normalized spacial score (nSPS) is 17.9. The molecule has 3 aromatic rings. The number of carbonyl (C=O) groups excluding carboxylic acids is 3. The lowest BCUT2D eigenvalue weighted by Gasteiger charge is -2.54. The van der Waals surface area contributed by atoms with Gasteiger partial charge in [-0.25, -0.2) is 0 Å². The van der Waals surface area contributed by atoms with Crippen molar-refractivity contribution in [3.05, 3.63) is 80.9 Å². The minimum absolute atomic E-state index is 0.0216. The molecule has 5 rings (SSSR count). The van der Waals surface area contributed by atoms with Crippen molar-refractivity contribution in [1.29, 1.82) is 0 Å². The molecule has 0 atom stereocenters. The van der Waals surface area contributed by atoms with E-state index in [1.807, 2.05) is 71.0 Å². The van der Waals surface area contributed by atoms with Crippen molar-refractivity contribution in [2.24, 2.45) is 0 Å². The first-order chi connectivity index (χ1) is 32.0. The molecule has 2 aliphatic rings. The highest BCUT2D eigenvalue weighted by atomic mass is 16.5. The molecule has 384 valence electrons. The first kappa shape index (κ1) is 56.8. The molecular formula is C57H86N2O10. The van der Waals surface area contributed by atoms with E-state index in [1.165, 1.54) is 0 Å². The van der Waals surface area contributed by atoms with Crippen LogP contribution in [0.3, 0.4) is 0 Å². The summed E-state index contributed by atoms with van der Waals surface area (Å²) in [5.41, 5.74) is 6.18. The molecule has 0 bridgehead atoms. The molecule has 69 heavy (non-hydrogen) atoms. The lowest BCUT2D eigenvalue weighted by molar-refractivity contribution is -0.163. The monoisotopic (exact) mass is 959 g/mol. The van der Waals surface area contributed by atoms with Gasteiger partial charge in [0.25, 0.3) is 0 Å². The average Bonchev–Trinajstić information content (AvgIpc) is 3.22. The molecule has 3 aromatic carbocycles. The molecule has 0 unspecified atom stereocenters. The molecule has 3 N–H and O–H groups in total. The summed E-state index contributed by atoms with van der Waals surface area (Å²) in [6.07, 6.45) is 6.75. The molecule has 2 aliphatic heterocycles. The fourth-order valence-corrected chi connectivity index (χ4v) is 10.7. The largest absolute Gasteiger partial charge is 0.507 e. The Kier molecular flexibility index (Phi) is 19.6. The van der Waals surface area contributed by atoms with E-state index >= 15 is 0 Å². The Morgan fingerprint density at radius 1 is 0.565 bits per heavy atom. The van der Waals surface area contributed by atoms with E-state index in [-0.39, 0.29) is 95.4 Å². The SMILES string of the molecule is CCCCOc1cc(C)c(O)c(CCC(=O)OC2CC(C)(C)N(C)C(C)(C)C2)c1.Cc1cc(C)c(O)c(CCC(=O)OCCN2C(C)(C)CC(OC(=O)CCc3cc(C)cc(C)c3O)CC2(C)C)c1. The number of piperidine rings is 2. The number of rotatable bonds is 18. The number of phenolic OH excluding ortho intramolecular Hbond substituents is 3. The van der Waals surface area contributed by atoms with Gasteiger partial charge in [-0.1, -0.05) is 48.7 Å². The Balaban J connectivity index is 0.000000317. The van der Waals surface area contributed by atoms with Crippen LogP contribution < -0.4 is 4.74 Å². The first-order valence-electron chi connectivity index (χ1n) is 25.1. The maximum absolute atomic E-state index is 12.7. The highest BCUT2D eigenvalue weighted by Crippen LogP contribution is 2.41. The van der Waals surface area contributed by atoms with Crippen molar-refractivity contribution in [2.75, 3.05) is 26.8 Å². The predicted octanol–water partition coefficient (Wildman–Crippen LogP) is 11.0. The minimum atomic E-state index is -0.284. The smallest absolute Gasteiger partial charge is 0.306 e. The van der Waals surface area contributed by atoms with Gasteiger partial charge in [0.05, 0.1) is 6.61 Å². The molecule has 2 fully saturated rings. The highest BCUT2D eigenvalue weighted by Gasteiger charge is 2.47. The second-order valence-electron chi connectivity index (χ2n) is 22.4. The van der Waals surface area contributed by atoms with Gasteiger partial charge in [-0.2, -0.15) is 0 Å². The van der Waals surface area contributed by atoms with Gasteiger partial charge in [0.1, 0.15) is 41.8 Å². The highest BCUT2D eigenvalue weighted by molar-refractivity contribution is 5.71. The number of carbonyl (C=O) groups is 3. The third-order valence-electron chi connectivity index (χ3n) is 14.3. The van der Waals surface area contributed by atoms with E-state index in [2.05, 4.69) is 79.2 Å². The van der Waals surface area contributed by atoms with Gasteiger partial charge in [0, 0.05) is 73.6 Å². The maximum Gasteiger partial charge on any atom is 0.306 e. The molecular weight excluding hydrogens is 873 g/mol. The summed E-state index contributed by atoms with van der Waals surface area (Å²) in [6, 6.07) is 11.4. The number of aromatic hydroxyl groups is 3. The lowest BCUT2D eigenvalue weighted by atomic mass is 9.78. The molecule has 0 amide bonds. The number of esters is 3. The molecule has 2 heterocycles. The molecule has 12 nitrogen and oxygen atoms in total. The molecule has 0 radical (unpaired) electrons. The van der Waals surface area contributed by atoms with Gasteiger partial charge < -0.3 is 34.3 Å². The summed E-state index contributed by atoms with van der Waals surface area (Å²) in [6.45, 7) is 30.5. The van der Waals surface area contributed by atoms with Gasteiger partial charge in [-0.05, 0) is 168 Å². The van der Waals surface area contributed by atoms with Gasteiger partial charge in [0.2, 0.25) is 0 Å². The Morgan fingerprint density at radius 3 is 1.39 bits per heavy atom. The van der Waals surface area contributed by atoms with Crippen LogP contribution in [0.5, 0.6) is 23.0 Å². The van der Waals surface area contributed by atoms with Crippen LogP contribution in [0, 0.1) is 34.6 Å². The van der Waals surface area contributed by atoms with Crippen LogP contribution in [0.15, 0.2) is 36.4 Å². The molecule has 12 heteroatoms. The molecule has 0 aromatic heterocycles. The lowest BCUT2D eigenvalue weighted by Crippen LogP contribution is -2.63. The third-order valence-corrected chi connectivity index (χ3v) is 14.3. The minimum Gasteiger partial charge on any atom is -0.507 e. The summed E-state index contributed by atoms with van der Waals surface area (Å²) < 4.78 is 23.1. The Hall–Kier alpha value is -4.81. The van der Waals surface area contributed by atoms with Crippen LogP contribution in [0.1, 0.15) is 165 Å². The number of benzene rings is 3. The fraction of sp³-hybridized carbons (Fsp3) is 0.632. The number of likely N-dealkylation sites (tertiary alicyclic amines) is 2. The zero-order valence-electron chi connectivity index (χ0n) is 44.8. The van der Waals surface area contributed by atoms with Crippen LogP contribution in [-0.2, 0) is 47.9 Å². The van der Waals surface area contributed by atoms with Gasteiger partial charge >= 0.3 is 17.9 Å². The van der Waals surface area contributed by atoms with E-state index < -0.39 is 0 Å². The third kappa shape index (κ3) is 16.1. The number of aryl methyl sites for hydroxylation is 8. The van der Waals surface area contributed by atoms with E-state index in [9.17, 15) is 29.7 Å². The Labute approximate surface area is 414 Å². The average molecular weight is 959 g/mol. The van der Waals surface area contributed by atoms with Crippen LogP contribution in [0.2, 0.25) is 0 Å². The predicted molar refractivity (Wildman–Crippen MR) is 273 cm³/mol. The second kappa shape index (κ2) is 23.9. The summed E-state index contributed by atoms with van der Waals surface area (Å²) in [5, 5.41) is 31.0. The topological polar surface area (TPSA) is 155 Å². The zero-order valence-corrected chi connectivity index (χ0v) is 44.8. The van der Waals surface area contributed by atoms with Crippen molar-refractivity contribution in [1.82, 2.24) is 9.80 Å².